The Morgan fingerprint density at radius 2 is 2.11 bits per heavy atom. The maximum atomic E-state index is 14.5. The predicted octanol–water partition coefficient (Wildman–Crippen LogP) is 4.71. The van der Waals surface area contributed by atoms with Crippen LogP contribution in [-0.4, -0.2) is 51.2 Å². The van der Waals surface area contributed by atoms with Crippen molar-refractivity contribution >= 4 is 17.1 Å². The van der Waals surface area contributed by atoms with Gasteiger partial charge in [-0.15, -0.1) is 10.2 Å². The van der Waals surface area contributed by atoms with Crippen LogP contribution in [0, 0.1) is 11.7 Å². The molecule has 2 aliphatic rings. The number of ketones is 1. The SMILES string of the molecule is COc1cccc(F)c1CN1CCC[C@@H](CC(=O)c2ccc3c(c2)C(c2ccc4nncn4c2)=NC3)C1. The lowest BCUT2D eigenvalue weighted by Gasteiger charge is -2.33. The number of benzene rings is 2. The second kappa shape index (κ2) is 9.86. The average Bonchev–Trinajstić information content (AvgIpc) is 3.56. The lowest BCUT2D eigenvalue weighted by Crippen LogP contribution is -2.36. The number of methoxy groups -OCH3 is 1. The number of likely N-dealkylation sites (tertiary alicyclic amines) is 1. The Balaban J connectivity index is 1.16. The number of Topliss-reactive ketones (excluding diaryl/α,β-unsaturated/α-hetero) is 1. The van der Waals surface area contributed by atoms with Gasteiger partial charge in [0.15, 0.2) is 11.4 Å². The number of hydrogen-bond donors (Lipinski definition) is 0. The molecule has 0 unspecified atom stereocenters. The van der Waals surface area contributed by atoms with Crippen molar-refractivity contribution in [2.75, 3.05) is 20.2 Å². The molecule has 1 atom stereocenters. The van der Waals surface area contributed by atoms with Crippen LogP contribution in [0.3, 0.4) is 0 Å². The molecule has 0 amide bonds. The van der Waals surface area contributed by atoms with E-state index in [9.17, 15) is 9.18 Å². The van der Waals surface area contributed by atoms with E-state index >= 15 is 0 Å². The number of nitrogens with zero attached hydrogens (tertiary/aromatic N) is 5. The van der Waals surface area contributed by atoms with Gasteiger partial charge in [0.1, 0.15) is 17.9 Å². The fourth-order valence-corrected chi connectivity index (χ4v) is 5.52. The minimum absolute atomic E-state index is 0.138. The number of piperidine rings is 1. The highest BCUT2D eigenvalue weighted by atomic mass is 19.1. The van der Waals surface area contributed by atoms with Gasteiger partial charge in [-0.05, 0) is 61.2 Å². The first-order valence-electron chi connectivity index (χ1n) is 12.6. The standard InChI is InChI=1S/C29H28FN5O2/c1-37-27-6-2-5-25(30)24(27)17-34-11-3-4-19(15-34)12-26(36)20-7-8-21-14-31-29(23(21)13-20)22-9-10-28-33-32-18-35(28)16-22/h2,5-10,13,16,18-19H,3-4,11-12,14-15,17H2,1H3/t19-/m0/s1. The Hall–Kier alpha value is -3.91. The van der Waals surface area contributed by atoms with Crippen LogP contribution in [0.25, 0.3) is 5.65 Å². The highest BCUT2D eigenvalue weighted by molar-refractivity contribution is 6.16. The van der Waals surface area contributed by atoms with Crippen LogP contribution in [0.5, 0.6) is 5.75 Å². The van der Waals surface area contributed by atoms with Crippen molar-refractivity contribution < 1.29 is 13.9 Å². The first-order valence-corrected chi connectivity index (χ1v) is 12.6. The van der Waals surface area contributed by atoms with Crippen LogP contribution < -0.4 is 4.74 Å². The summed E-state index contributed by atoms with van der Waals surface area (Å²) in [5.74, 6) is 0.684. The number of aromatic nitrogens is 3. The summed E-state index contributed by atoms with van der Waals surface area (Å²) >= 11 is 0. The van der Waals surface area contributed by atoms with Crippen LogP contribution in [0.4, 0.5) is 4.39 Å². The van der Waals surface area contributed by atoms with E-state index in [2.05, 4.69) is 15.1 Å². The minimum Gasteiger partial charge on any atom is -0.496 e. The Morgan fingerprint density at radius 1 is 1.19 bits per heavy atom. The van der Waals surface area contributed by atoms with Crippen LogP contribution in [-0.2, 0) is 13.1 Å². The third-order valence-corrected chi connectivity index (χ3v) is 7.41. The molecular weight excluding hydrogens is 469 g/mol. The Labute approximate surface area is 214 Å². The number of halogens is 1. The second-order valence-corrected chi connectivity index (χ2v) is 9.84. The fraction of sp³-hybridized carbons (Fsp3) is 0.310. The van der Waals surface area contributed by atoms with Crippen LogP contribution in [0.1, 0.15) is 51.9 Å². The minimum atomic E-state index is -0.253. The summed E-state index contributed by atoms with van der Waals surface area (Å²) in [6.45, 7) is 2.74. The Morgan fingerprint density at radius 3 is 3.00 bits per heavy atom. The summed E-state index contributed by atoms with van der Waals surface area (Å²) in [5.41, 5.74) is 6.07. The molecule has 1 fully saturated rings. The van der Waals surface area contributed by atoms with E-state index in [0.717, 1.165) is 54.0 Å². The van der Waals surface area contributed by atoms with Crippen LogP contribution in [0.2, 0.25) is 0 Å². The third-order valence-electron chi connectivity index (χ3n) is 7.41. The van der Waals surface area contributed by atoms with E-state index in [1.807, 2.05) is 40.9 Å². The second-order valence-electron chi connectivity index (χ2n) is 9.84. The number of rotatable bonds is 7. The first kappa shape index (κ1) is 23.5. The van der Waals surface area contributed by atoms with Crippen molar-refractivity contribution in [1.82, 2.24) is 19.5 Å². The topological polar surface area (TPSA) is 72.1 Å². The van der Waals surface area contributed by atoms with Gasteiger partial charge in [-0.3, -0.25) is 19.1 Å². The van der Waals surface area contributed by atoms with Gasteiger partial charge >= 0.3 is 0 Å². The molecule has 0 spiro atoms. The maximum Gasteiger partial charge on any atom is 0.163 e. The lowest BCUT2D eigenvalue weighted by molar-refractivity contribution is 0.0911. The number of aliphatic imine (C=N–C) groups is 1. The quantitative estimate of drug-likeness (QED) is 0.346. The zero-order chi connectivity index (χ0) is 25.4. The normalized spacial score (nSPS) is 17.6. The molecule has 0 radical (unpaired) electrons. The molecule has 0 N–H and O–H groups in total. The number of hydrogen-bond acceptors (Lipinski definition) is 6. The summed E-state index contributed by atoms with van der Waals surface area (Å²) < 4.78 is 21.7. The van der Waals surface area contributed by atoms with Crippen molar-refractivity contribution in [3.05, 3.63) is 94.7 Å². The zero-order valence-electron chi connectivity index (χ0n) is 20.7. The molecule has 0 saturated carbocycles. The van der Waals surface area contributed by atoms with Crippen molar-refractivity contribution in [3.8, 4) is 5.75 Å². The maximum absolute atomic E-state index is 14.5. The van der Waals surface area contributed by atoms with Crippen molar-refractivity contribution in [2.45, 2.75) is 32.4 Å². The van der Waals surface area contributed by atoms with Crippen molar-refractivity contribution in [1.29, 1.82) is 0 Å². The number of carbonyl (C=O) groups is 1. The molecule has 2 aliphatic heterocycles. The Kier molecular flexibility index (Phi) is 6.26. The molecule has 2 aromatic heterocycles. The smallest absolute Gasteiger partial charge is 0.163 e. The molecule has 188 valence electrons. The predicted molar refractivity (Wildman–Crippen MR) is 139 cm³/mol. The van der Waals surface area contributed by atoms with Gasteiger partial charge in [-0.25, -0.2) is 4.39 Å². The number of fused-ring (bicyclic) bond motifs is 2. The van der Waals surface area contributed by atoms with Crippen molar-refractivity contribution in [2.24, 2.45) is 10.9 Å². The zero-order valence-corrected chi connectivity index (χ0v) is 20.7. The highest BCUT2D eigenvalue weighted by Crippen LogP contribution is 2.29. The van der Waals surface area contributed by atoms with Gasteiger partial charge in [0.2, 0.25) is 0 Å². The molecule has 8 heteroatoms. The summed E-state index contributed by atoms with van der Waals surface area (Å²) in [6, 6.07) is 14.8. The molecule has 0 bridgehead atoms. The molecule has 7 nitrogen and oxygen atoms in total. The summed E-state index contributed by atoms with van der Waals surface area (Å²) in [7, 11) is 1.57. The summed E-state index contributed by atoms with van der Waals surface area (Å²) in [4.78, 5) is 20.3. The molecule has 1 saturated heterocycles. The van der Waals surface area contributed by atoms with E-state index in [1.54, 1.807) is 25.6 Å². The monoisotopic (exact) mass is 497 g/mol. The molecular formula is C29H28FN5O2. The number of pyridine rings is 1. The van der Waals surface area contributed by atoms with E-state index in [4.69, 9.17) is 9.73 Å². The van der Waals surface area contributed by atoms with Gasteiger partial charge in [0.05, 0.1) is 19.4 Å². The van der Waals surface area contributed by atoms with E-state index in [-0.39, 0.29) is 17.5 Å². The van der Waals surface area contributed by atoms with Crippen LogP contribution >= 0.6 is 0 Å². The molecule has 37 heavy (non-hydrogen) atoms. The van der Waals surface area contributed by atoms with Gasteiger partial charge in [0.25, 0.3) is 0 Å². The van der Waals surface area contributed by atoms with E-state index in [1.165, 1.54) is 6.07 Å². The Bertz CT molecular complexity index is 1510. The molecule has 4 heterocycles. The summed E-state index contributed by atoms with van der Waals surface area (Å²) in [5, 5.41) is 8.01. The summed E-state index contributed by atoms with van der Waals surface area (Å²) in [6.07, 6.45) is 6.10. The van der Waals surface area contributed by atoms with Crippen LogP contribution in [0.15, 0.2) is 66.0 Å². The third kappa shape index (κ3) is 4.64. The largest absolute Gasteiger partial charge is 0.496 e. The molecule has 2 aromatic carbocycles. The van der Waals surface area contributed by atoms with E-state index in [0.29, 0.717) is 36.4 Å². The van der Waals surface area contributed by atoms with Gasteiger partial charge < -0.3 is 4.74 Å². The fourth-order valence-electron chi connectivity index (χ4n) is 5.52. The van der Waals surface area contributed by atoms with Gasteiger partial charge in [-0.1, -0.05) is 18.2 Å². The lowest BCUT2D eigenvalue weighted by atomic mass is 9.89. The van der Waals surface area contributed by atoms with E-state index < -0.39 is 0 Å². The average molecular weight is 498 g/mol. The number of carbonyl (C=O) groups excluding carboxylic acids is 1. The van der Waals surface area contributed by atoms with Crippen molar-refractivity contribution in [3.63, 3.8) is 0 Å². The number of ether oxygens (including phenoxy) is 1. The molecule has 0 aliphatic carbocycles. The highest BCUT2D eigenvalue weighted by Gasteiger charge is 2.26. The first-order chi connectivity index (χ1) is 18.1. The molecule has 6 rings (SSSR count). The molecule has 4 aromatic rings. The van der Waals surface area contributed by atoms with Gasteiger partial charge in [-0.2, -0.15) is 0 Å². The van der Waals surface area contributed by atoms with Gasteiger partial charge in [0, 0.05) is 48.0 Å².